The molecule has 2 rings (SSSR count). The number of rotatable bonds is 5. The predicted octanol–water partition coefficient (Wildman–Crippen LogP) is 2.73. The molecular formula is C14H16Cl2N2O2. The van der Waals surface area contributed by atoms with Crippen molar-refractivity contribution in [1.29, 1.82) is 0 Å². The van der Waals surface area contributed by atoms with Crippen molar-refractivity contribution in [3.63, 3.8) is 0 Å². The lowest BCUT2D eigenvalue weighted by Gasteiger charge is -2.20. The first-order chi connectivity index (χ1) is 9.49. The number of nitrogens with one attached hydrogen (secondary N) is 1. The van der Waals surface area contributed by atoms with E-state index in [2.05, 4.69) is 5.32 Å². The van der Waals surface area contributed by atoms with E-state index in [-0.39, 0.29) is 11.8 Å². The van der Waals surface area contributed by atoms with E-state index >= 15 is 0 Å². The zero-order chi connectivity index (χ0) is 14.7. The minimum Gasteiger partial charge on any atom is -0.350 e. The summed E-state index contributed by atoms with van der Waals surface area (Å²) in [5, 5.41) is 3.55. The zero-order valence-corrected chi connectivity index (χ0v) is 12.7. The van der Waals surface area contributed by atoms with Gasteiger partial charge in [-0.05, 0) is 31.0 Å². The van der Waals surface area contributed by atoms with E-state index in [9.17, 15) is 9.59 Å². The maximum absolute atomic E-state index is 11.9. The molecule has 1 fully saturated rings. The average molecular weight is 315 g/mol. The van der Waals surface area contributed by atoms with Crippen LogP contribution in [0, 0.1) is 0 Å². The number of carbonyl (C=O) groups is 2. The number of benzene rings is 1. The molecule has 1 saturated carbocycles. The molecule has 1 aliphatic carbocycles. The van der Waals surface area contributed by atoms with Gasteiger partial charge in [0.15, 0.2) is 0 Å². The Morgan fingerprint density at radius 3 is 2.55 bits per heavy atom. The Hall–Kier alpha value is -1.26. The van der Waals surface area contributed by atoms with Crippen LogP contribution in [-0.4, -0.2) is 35.8 Å². The number of amides is 2. The SMILES string of the molecule is CC(=O)N(CCNC(=O)c1ccc(Cl)c(Cl)c1)C1CC1. The molecule has 4 nitrogen and oxygen atoms in total. The second-order valence-electron chi connectivity index (χ2n) is 4.83. The quantitative estimate of drug-likeness (QED) is 0.908. The van der Waals surface area contributed by atoms with Crippen molar-refractivity contribution < 1.29 is 9.59 Å². The number of hydrogen-bond acceptors (Lipinski definition) is 2. The van der Waals surface area contributed by atoms with Gasteiger partial charge in [-0.3, -0.25) is 9.59 Å². The second-order valence-corrected chi connectivity index (χ2v) is 5.64. The fourth-order valence-electron chi connectivity index (χ4n) is 2.01. The van der Waals surface area contributed by atoms with Crippen LogP contribution < -0.4 is 5.32 Å². The molecule has 0 atom stereocenters. The summed E-state index contributed by atoms with van der Waals surface area (Å²) in [6.45, 7) is 2.52. The Bertz CT molecular complexity index is 530. The van der Waals surface area contributed by atoms with Crippen LogP contribution in [0.1, 0.15) is 30.1 Å². The summed E-state index contributed by atoms with van der Waals surface area (Å²) in [7, 11) is 0. The van der Waals surface area contributed by atoms with E-state index in [1.807, 2.05) is 0 Å². The van der Waals surface area contributed by atoms with E-state index in [0.717, 1.165) is 12.8 Å². The molecule has 1 aromatic carbocycles. The van der Waals surface area contributed by atoms with E-state index in [4.69, 9.17) is 23.2 Å². The Morgan fingerprint density at radius 1 is 1.30 bits per heavy atom. The van der Waals surface area contributed by atoms with Crippen molar-refractivity contribution in [3.05, 3.63) is 33.8 Å². The largest absolute Gasteiger partial charge is 0.350 e. The summed E-state index contributed by atoms with van der Waals surface area (Å²) in [6, 6.07) is 5.09. The summed E-state index contributed by atoms with van der Waals surface area (Å²) in [5.41, 5.74) is 0.459. The van der Waals surface area contributed by atoms with E-state index in [0.29, 0.717) is 34.7 Å². The third-order valence-corrected chi connectivity index (χ3v) is 3.95. The van der Waals surface area contributed by atoms with Gasteiger partial charge in [0.25, 0.3) is 5.91 Å². The summed E-state index contributed by atoms with van der Waals surface area (Å²) >= 11 is 11.7. The zero-order valence-electron chi connectivity index (χ0n) is 11.2. The maximum Gasteiger partial charge on any atom is 0.251 e. The van der Waals surface area contributed by atoms with Crippen molar-refractivity contribution in [1.82, 2.24) is 10.2 Å². The molecule has 1 aliphatic rings. The van der Waals surface area contributed by atoms with Crippen molar-refractivity contribution in [2.24, 2.45) is 0 Å². The highest BCUT2D eigenvalue weighted by atomic mass is 35.5. The van der Waals surface area contributed by atoms with Gasteiger partial charge in [-0.1, -0.05) is 23.2 Å². The van der Waals surface area contributed by atoms with Gasteiger partial charge in [0.05, 0.1) is 10.0 Å². The molecule has 0 unspecified atom stereocenters. The summed E-state index contributed by atoms with van der Waals surface area (Å²) in [4.78, 5) is 25.2. The molecule has 1 N–H and O–H groups in total. The Labute approximate surface area is 128 Å². The van der Waals surface area contributed by atoms with Crippen LogP contribution in [0.2, 0.25) is 10.0 Å². The summed E-state index contributed by atoms with van der Waals surface area (Å²) < 4.78 is 0. The van der Waals surface area contributed by atoms with Gasteiger partial charge in [-0.2, -0.15) is 0 Å². The van der Waals surface area contributed by atoms with E-state index in [1.165, 1.54) is 6.07 Å². The highest BCUT2D eigenvalue weighted by Gasteiger charge is 2.30. The standard InChI is InChI=1S/C14H16Cl2N2O2/c1-9(19)18(11-3-4-11)7-6-17-14(20)10-2-5-12(15)13(16)8-10/h2,5,8,11H,3-4,6-7H2,1H3,(H,17,20). The smallest absolute Gasteiger partial charge is 0.251 e. The van der Waals surface area contributed by atoms with Gasteiger partial charge in [-0.15, -0.1) is 0 Å². The monoisotopic (exact) mass is 314 g/mol. The topological polar surface area (TPSA) is 49.4 Å². The number of nitrogens with zero attached hydrogens (tertiary/aromatic N) is 1. The number of hydrogen-bond donors (Lipinski definition) is 1. The molecule has 2 amide bonds. The molecule has 20 heavy (non-hydrogen) atoms. The highest BCUT2D eigenvalue weighted by Crippen LogP contribution is 2.26. The molecule has 0 bridgehead atoms. The minimum atomic E-state index is -0.220. The maximum atomic E-state index is 11.9. The predicted molar refractivity (Wildman–Crippen MR) is 79.2 cm³/mol. The van der Waals surface area contributed by atoms with Gasteiger partial charge < -0.3 is 10.2 Å². The first-order valence-corrected chi connectivity index (χ1v) is 7.25. The molecule has 0 spiro atoms. The van der Waals surface area contributed by atoms with Crippen LogP contribution in [0.4, 0.5) is 0 Å². The van der Waals surface area contributed by atoms with Gasteiger partial charge in [0.1, 0.15) is 0 Å². The molecule has 0 aromatic heterocycles. The normalized spacial score (nSPS) is 13.9. The molecule has 0 aliphatic heterocycles. The first kappa shape index (κ1) is 15.1. The Kier molecular flexibility index (Phi) is 4.89. The molecule has 0 saturated heterocycles. The molecule has 108 valence electrons. The van der Waals surface area contributed by atoms with Crippen LogP contribution in [0.25, 0.3) is 0 Å². The van der Waals surface area contributed by atoms with Crippen LogP contribution in [0.3, 0.4) is 0 Å². The lowest BCUT2D eigenvalue weighted by Crippen LogP contribution is -2.38. The average Bonchev–Trinajstić information content (AvgIpc) is 3.21. The van der Waals surface area contributed by atoms with Crippen molar-refractivity contribution in [2.45, 2.75) is 25.8 Å². The van der Waals surface area contributed by atoms with Crippen molar-refractivity contribution in [2.75, 3.05) is 13.1 Å². The second kappa shape index (κ2) is 6.46. The summed E-state index contributed by atoms with van der Waals surface area (Å²) in [5.74, 6) is -0.167. The van der Waals surface area contributed by atoms with Crippen molar-refractivity contribution >= 4 is 35.0 Å². The molecule has 6 heteroatoms. The fourth-order valence-corrected chi connectivity index (χ4v) is 2.31. The van der Waals surface area contributed by atoms with Gasteiger partial charge >= 0.3 is 0 Å². The van der Waals surface area contributed by atoms with Gasteiger partial charge in [0.2, 0.25) is 5.91 Å². The molecule has 0 heterocycles. The lowest BCUT2D eigenvalue weighted by molar-refractivity contribution is -0.129. The number of halogens is 2. The Morgan fingerprint density at radius 2 is 2.00 bits per heavy atom. The van der Waals surface area contributed by atoms with E-state index < -0.39 is 0 Å². The van der Waals surface area contributed by atoms with Crippen LogP contribution in [0.5, 0.6) is 0 Å². The lowest BCUT2D eigenvalue weighted by atomic mass is 10.2. The minimum absolute atomic E-state index is 0.0521. The van der Waals surface area contributed by atoms with Gasteiger partial charge in [-0.25, -0.2) is 0 Å². The summed E-state index contributed by atoms with van der Waals surface area (Å²) in [6.07, 6.45) is 2.11. The fraction of sp³-hybridized carbons (Fsp3) is 0.429. The van der Waals surface area contributed by atoms with E-state index in [1.54, 1.807) is 24.0 Å². The first-order valence-electron chi connectivity index (χ1n) is 6.49. The molecule has 0 radical (unpaired) electrons. The molecule has 1 aromatic rings. The van der Waals surface area contributed by atoms with Crippen LogP contribution >= 0.6 is 23.2 Å². The third kappa shape index (κ3) is 3.87. The Balaban J connectivity index is 1.85. The molecular weight excluding hydrogens is 299 g/mol. The van der Waals surface area contributed by atoms with Crippen LogP contribution in [-0.2, 0) is 4.79 Å². The third-order valence-electron chi connectivity index (χ3n) is 3.21. The van der Waals surface area contributed by atoms with Crippen LogP contribution in [0.15, 0.2) is 18.2 Å². The van der Waals surface area contributed by atoms with Gasteiger partial charge in [0, 0.05) is 31.6 Å². The van der Waals surface area contributed by atoms with Crippen molar-refractivity contribution in [3.8, 4) is 0 Å². The number of carbonyl (C=O) groups excluding carboxylic acids is 2. The highest BCUT2D eigenvalue weighted by molar-refractivity contribution is 6.42.